The molecular formula is C21H19BrN2OS. The summed E-state index contributed by atoms with van der Waals surface area (Å²) in [5.74, 6) is 2.95. The fourth-order valence-electron chi connectivity index (χ4n) is 2.72. The predicted molar refractivity (Wildman–Crippen MR) is 111 cm³/mol. The lowest BCUT2D eigenvalue weighted by atomic mass is 10.0. The van der Waals surface area contributed by atoms with Crippen LogP contribution in [0.3, 0.4) is 0 Å². The lowest BCUT2D eigenvalue weighted by Gasteiger charge is -2.05. The summed E-state index contributed by atoms with van der Waals surface area (Å²) in [5.41, 5.74) is 3.22. The number of benzene rings is 2. The Labute approximate surface area is 165 Å². The van der Waals surface area contributed by atoms with Crippen molar-refractivity contribution in [2.75, 3.05) is 0 Å². The lowest BCUT2D eigenvalue weighted by molar-refractivity contribution is -0.117. The highest BCUT2D eigenvalue weighted by molar-refractivity contribution is 9.10. The van der Waals surface area contributed by atoms with Crippen LogP contribution in [0.2, 0.25) is 0 Å². The van der Waals surface area contributed by atoms with E-state index in [9.17, 15) is 4.79 Å². The molecule has 3 nitrogen and oxygen atoms in total. The molecular weight excluding hydrogens is 408 g/mol. The number of carbonyl (C=O) groups excluding carboxylic acids is 1. The van der Waals surface area contributed by atoms with E-state index in [1.54, 1.807) is 0 Å². The van der Waals surface area contributed by atoms with Gasteiger partial charge in [-0.25, -0.2) is 0 Å². The van der Waals surface area contributed by atoms with Crippen LogP contribution in [0.1, 0.15) is 30.9 Å². The van der Waals surface area contributed by atoms with Crippen molar-refractivity contribution in [3.05, 3.63) is 62.9 Å². The van der Waals surface area contributed by atoms with Crippen molar-refractivity contribution >= 4 is 43.4 Å². The first-order valence-corrected chi connectivity index (χ1v) is 9.97. The molecule has 0 saturated carbocycles. The highest BCUT2D eigenvalue weighted by Crippen LogP contribution is 2.22. The molecule has 3 rings (SSSR count). The summed E-state index contributed by atoms with van der Waals surface area (Å²) in [5, 5.41) is 0. The summed E-state index contributed by atoms with van der Waals surface area (Å²) in [6, 6.07) is 14.1. The Morgan fingerprint density at radius 1 is 1.27 bits per heavy atom. The van der Waals surface area contributed by atoms with E-state index in [4.69, 9.17) is 6.42 Å². The van der Waals surface area contributed by atoms with E-state index >= 15 is 0 Å². The summed E-state index contributed by atoms with van der Waals surface area (Å²) >= 11 is 4.95. The molecule has 0 aliphatic heterocycles. The van der Waals surface area contributed by atoms with Gasteiger partial charge in [-0.05, 0) is 35.2 Å². The number of carbonyl (C=O) groups is 1. The third-order valence-electron chi connectivity index (χ3n) is 4.12. The monoisotopic (exact) mass is 426 g/mol. The van der Waals surface area contributed by atoms with Crippen molar-refractivity contribution in [3.8, 4) is 12.3 Å². The maximum absolute atomic E-state index is 12.5. The van der Waals surface area contributed by atoms with Crippen LogP contribution in [0, 0.1) is 12.3 Å². The second-order valence-electron chi connectivity index (χ2n) is 6.37. The third-order valence-corrected chi connectivity index (χ3v) is 5.65. The van der Waals surface area contributed by atoms with Crippen LogP contribution in [0.4, 0.5) is 0 Å². The normalized spacial score (nSPS) is 11.9. The Balaban J connectivity index is 1.92. The third kappa shape index (κ3) is 4.14. The highest BCUT2D eigenvalue weighted by Gasteiger charge is 2.09. The van der Waals surface area contributed by atoms with Crippen molar-refractivity contribution in [2.45, 2.75) is 32.7 Å². The average molecular weight is 427 g/mol. The number of rotatable bonds is 4. The van der Waals surface area contributed by atoms with Gasteiger partial charge in [0.1, 0.15) is 0 Å². The van der Waals surface area contributed by atoms with Gasteiger partial charge in [0.15, 0.2) is 4.80 Å². The Morgan fingerprint density at radius 3 is 2.65 bits per heavy atom. The van der Waals surface area contributed by atoms with E-state index in [1.165, 1.54) is 16.9 Å². The Kier molecular flexibility index (Phi) is 5.75. The van der Waals surface area contributed by atoms with Gasteiger partial charge in [0, 0.05) is 4.47 Å². The highest BCUT2D eigenvalue weighted by atomic mass is 79.9. The molecule has 0 saturated heterocycles. The van der Waals surface area contributed by atoms with E-state index < -0.39 is 0 Å². The first-order valence-electron chi connectivity index (χ1n) is 8.36. The number of halogens is 1. The molecule has 0 spiro atoms. The van der Waals surface area contributed by atoms with Gasteiger partial charge < -0.3 is 4.57 Å². The SMILES string of the molecule is C#CCn1c(=NC(=O)Cc2ccc(C(C)C)cc2)sc2cc(Br)ccc21. The Morgan fingerprint density at radius 2 is 2.00 bits per heavy atom. The first kappa shape index (κ1) is 18.6. The molecule has 0 bridgehead atoms. The van der Waals surface area contributed by atoms with Gasteiger partial charge in [0.05, 0.1) is 23.2 Å². The summed E-state index contributed by atoms with van der Waals surface area (Å²) in [6.45, 7) is 4.69. The van der Waals surface area contributed by atoms with E-state index in [-0.39, 0.29) is 12.3 Å². The van der Waals surface area contributed by atoms with Gasteiger partial charge in [-0.15, -0.1) is 6.42 Å². The molecule has 132 valence electrons. The molecule has 1 heterocycles. The van der Waals surface area contributed by atoms with Crippen molar-refractivity contribution < 1.29 is 4.79 Å². The lowest BCUT2D eigenvalue weighted by Crippen LogP contribution is -2.17. The zero-order valence-electron chi connectivity index (χ0n) is 14.7. The minimum atomic E-state index is -0.168. The standard InChI is InChI=1S/C21H19BrN2OS/c1-4-11-24-18-10-9-17(22)13-19(18)26-21(24)23-20(25)12-15-5-7-16(8-6-15)14(2)3/h1,5-10,13-14H,11-12H2,2-3H3. The minimum absolute atomic E-state index is 0.168. The fraction of sp³-hybridized carbons (Fsp3) is 0.238. The molecule has 0 aliphatic rings. The van der Waals surface area contributed by atoms with E-state index in [1.807, 2.05) is 34.9 Å². The molecule has 2 aromatic carbocycles. The Bertz CT molecular complexity index is 1050. The van der Waals surface area contributed by atoms with Gasteiger partial charge in [0.25, 0.3) is 5.91 Å². The van der Waals surface area contributed by atoms with Gasteiger partial charge >= 0.3 is 0 Å². The largest absolute Gasteiger partial charge is 0.305 e. The van der Waals surface area contributed by atoms with Crippen LogP contribution in [0.5, 0.6) is 0 Å². The smallest absolute Gasteiger partial charge is 0.252 e. The summed E-state index contributed by atoms with van der Waals surface area (Å²) in [6.07, 6.45) is 5.78. The zero-order chi connectivity index (χ0) is 18.7. The molecule has 0 radical (unpaired) electrons. The van der Waals surface area contributed by atoms with Crippen LogP contribution < -0.4 is 4.80 Å². The first-order chi connectivity index (χ1) is 12.5. The molecule has 0 unspecified atom stereocenters. The van der Waals surface area contributed by atoms with Crippen LogP contribution in [-0.2, 0) is 17.8 Å². The summed E-state index contributed by atoms with van der Waals surface area (Å²) in [7, 11) is 0. The maximum atomic E-state index is 12.5. The van der Waals surface area contributed by atoms with Gasteiger partial charge in [-0.2, -0.15) is 4.99 Å². The number of terminal acetylenes is 1. The number of thiazole rings is 1. The Hall–Kier alpha value is -2.16. The van der Waals surface area contributed by atoms with Crippen LogP contribution >= 0.6 is 27.3 Å². The zero-order valence-corrected chi connectivity index (χ0v) is 17.1. The topological polar surface area (TPSA) is 34.4 Å². The summed E-state index contributed by atoms with van der Waals surface area (Å²) in [4.78, 5) is 17.4. The second kappa shape index (κ2) is 8.03. The van der Waals surface area contributed by atoms with Gasteiger partial charge in [0.2, 0.25) is 0 Å². The molecule has 0 N–H and O–H groups in total. The van der Waals surface area contributed by atoms with Crippen molar-refractivity contribution in [1.29, 1.82) is 0 Å². The predicted octanol–water partition coefficient (Wildman–Crippen LogP) is 4.89. The number of hydrogen-bond donors (Lipinski definition) is 0. The fourth-order valence-corrected chi connectivity index (χ4v) is 4.32. The summed E-state index contributed by atoms with van der Waals surface area (Å²) < 4.78 is 3.94. The number of aromatic nitrogens is 1. The molecule has 26 heavy (non-hydrogen) atoms. The molecule has 1 amide bonds. The molecule has 1 aromatic heterocycles. The van der Waals surface area contributed by atoms with Gasteiger partial charge in [-0.1, -0.05) is 71.3 Å². The van der Waals surface area contributed by atoms with E-state index in [2.05, 4.69) is 52.8 Å². The number of hydrogen-bond acceptors (Lipinski definition) is 2. The second-order valence-corrected chi connectivity index (χ2v) is 8.29. The van der Waals surface area contributed by atoms with Crippen molar-refractivity contribution in [3.63, 3.8) is 0 Å². The molecule has 0 atom stereocenters. The molecule has 3 aromatic rings. The van der Waals surface area contributed by atoms with Crippen LogP contribution in [0.25, 0.3) is 10.2 Å². The minimum Gasteiger partial charge on any atom is -0.305 e. The average Bonchev–Trinajstić information content (AvgIpc) is 2.92. The quantitative estimate of drug-likeness (QED) is 0.546. The van der Waals surface area contributed by atoms with E-state index in [0.29, 0.717) is 17.3 Å². The molecule has 5 heteroatoms. The van der Waals surface area contributed by atoms with Crippen LogP contribution in [0.15, 0.2) is 51.9 Å². The van der Waals surface area contributed by atoms with Crippen molar-refractivity contribution in [2.24, 2.45) is 4.99 Å². The van der Waals surface area contributed by atoms with Crippen LogP contribution in [-0.4, -0.2) is 10.5 Å². The van der Waals surface area contributed by atoms with Gasteiger partial charge in [-0.3, -0.25) is 4.79 Å². The number of nitrogens with zero attached hydrogens (tertiary/aromatic N) is 2. The number of fused-ring (bicyclic) bond motifs is 1. The number of amides is 1. The molecule has 0 aliphatic carbocycles. The molecule has 0 fully saturated rings. The van der Waals surface area contributed by atoms with E-state index in [0.717, 1.165) is 20.3 Å². The maximum Gasteiger partial charge on any atom is 0.252 e. The van der Waals surface area contributed by atoms with Crippen molar-refractivity contribution in [1.82, 2.24) is 4.57 Å².